The number of ether oxygens (including phenoxy) is 1. The highest BCUT2D eigenvalue weighted by molar-refractivity contribution is 5.90. The van der Waals surface area contributed by atoms with Crippen molar-refractivity contribution in [3.63, 3.8) is 0 Å². The van der Waals surface area contributed by atoms with Crippen LogP contribution in [0.1, 0.15) is 25.7 Å². The van der Waals surface area contributed by atoms with Crippen molar-refractivity contribution < 1.29 is 9.53 Å². The Morgan fingerprint density at radius 2 is 1.85 bits per heavy atom. The van der Waals surface area contributed by atoms with Crippen LogP contribution < -0.4 is 15.6 Å². The van der Waals surface area contributed by atoms with Gasteiger partial charge in [0.2, 0.25) is 5.91 Å². The molecule has 3 aromatic rings. The highest BCUT2D eigenvalue weighted by Crippen LogP contribution is 2.15. The lowest BCUT2D eigenvalue weighted by molar-refractivity contribution is -0.116. The number of carbonyl (C=O) groups is 1. The van der Waals surface area contributed by atoms with Crippen LogP contribution in [0.4, 0.5) is 5.69 Å². The molecule has 1 N–H and O–H groups in total. The number of rotatable bonds is 8. The Bertz CT molecular complexity index is 967. The molecule has 0 aliphatic carbocycles. The summed E-state index contributed by atoms with van der Waals surface area (Å²) < 4.78 is 6.48. The quantitative estimate of drug-likeness (QED) is 0.619. The predicted molar refractivity (Wildman–Crippen MR) is 104 cm³/mol. The van der Waals surface area contributed by atoms with Gasteiger partial charge in [0, 0.05) is 18.7 Å². The minimum Gasteiger partial charge on any atom is -0.497 e. The average Bonchev–Trinajstić information content (AvgIpc) is 2.70. The lowest BCUT2D eigenvalue weighted by Crippen LogP contribution is -2.24. The van der Waals surface area contributed by atoms with E-state index >= 15 is 0 Å². The third-order valence-corrected chi connectivity index (χ3v) is 4.28. The van der Waals surface area contributed by atoms with E-state index in [-0.39, 0.29) is 11.5 Å². The zero-order chi connectivity index (χ0) is 19.1. The van der Waals surface area contributed by atoms with Crippen LogP contribution in [-0.2, 0) is 11.3 Å². The first kappa shape index (κ1) is 18.6. The number of anilines is 1. The molecule has 2 aromatic carbocycles. The topological polar surface area (TPSA) is 86.1 Å². The van der Waals surface area contributed by atoms with Gasteiger partial charge < -0.3 is 10.1 Å². The summed E-state index contributed by atoms with van der Waals surface area (Å²) in [6, 6.07) is 14.4. The molecular formula is C20H22N4O3. The number of unbranched alkanes of at least 4 members (excludes halogenated alkanes) is 2. The van der Waals surface area contributed by atoms with Gasteiger partial charge in [-0.2, -0.15) is 0 Å². The number of amides is 1. The van der Waals surface area contributed by atoms with E-state index in [4.69, 9.17) is 4.74 Å². The fourth-order valence-electron chi connectivity index (χ4n) is 2.79. The molecule has 0 aliphatic rings. The molecular weight excluding hydrogens is 344 g/mol. The first-order valence-electron chi connectivity index (χ1n) is 8.94. The Morgan fingerprint density at radius 3 is 2.63 bits per heavy atom. The monoisotopic (exact) mass is 366 g/mol. The number of nitrogens with one attached hydrogen (secondary N) is 1. The van der Waals surface area contributed by atoms with E-state index in [2.05, 4.69) is 15.6 Å². The van der Waals surface area contributed by atoms with E-state index in [1.165, 1.54) is 4.68 Å². The van der Waals surface area contributed by atoms with Crippen LogP contribution in [0.25, 0.3) is 10.9 Å². The molecule has 0 bridgehead atoms. The molecule has 0 atom stereocenters. The van der Waals surface area contributed by atoms with Gasteiger partial charge in [-0.05, 0) is 49.2 Å². The van der Waals surface area contributed by atoms with Crippen molar-refractivity contribution >= 4 is 22.5 Å². The number of hydrogen-bond acceptors (Lipinski definition) is 5. The summed E-state index contributed by atoms with van der Waals surface area (Å²) in [5.41, 5.74) is 1.23. The maximum atomic E-state index is 12.3. The lowest BCUT2D eigenvalue weighted by atomic mass is 10.2. The first-order chi connectivity index (χ1) is 13.2. The van der Waals surface area contributed by atoms with Crippen molar-refractivity contribution in [2.24, 2.45) is 0 Å². The van der Waals surface area contributed by atoms with E-state index in [1.807, 2.05) is 24.3 Å². The normalized spacial score (nSPS) is 10.7. The maximum absolute atomic E-state index is 12.3. The third kappa shape index (κ3) is 4.91. The van der Waals surface area contributed by atoms with Gasteiger partial charge in [-0.25, -0.2) is 4.68 Å². The summed E-state index contributed by atoms with van der Waals surface area (Å²) in [6.45, 7) is 0.497. The Morgan fingerprint density at radius 1 is 1.07 bits per heavy atom. The zero-order valence-electron chi connectivity index (χ0n) is 15.2. The fourth-order valence-corrected chi connectivity index (χ4v) is 2.79. The van der Waals surface area contributed by atoms with E-state index in [1.54, 1.807) is 31.4 Å². The van der Waals surface area contributed by atoms with E-state index in [0.717, 1.165) is 30.7 Å². The summed E-state index contributed by atoms with van der Waals surface area (Å²) in [6.07, 6.45) is 2.78. The predicted octanol–water partition coefficient (Wildman–Crippen LogP) is 3.00. The van der Waals surface area contributed by atoms with Crippen LogP contribution in [0.2, 0.25) is 0 Å². The standard InChI is InChI=1S/C20H22N4O3/c1-27-16-12-10-15(11-13-16)21-19(25)9-3-2-6-14-24-20(26)17-7-4-5-8-18(17)22-23-24/h4-5,7-8,10-13H,2-3,6,9,14H2,1H3,(H,21,25). The minimum absolute atomic E-state index is 0.0252. The highest BCUT2D eigenvalue weighted by Gasteiger charge is 2.06. The van der Waals surface area contributed by atoms with Gasteiger partial charge in [0.25, 0.3) is 5.56 Å². The van der Waals surface area contributed by atoms with Gasteiger partial charge in [0.1, 0.15) is 11.3 Å². The zero-order valence-corrected chi connectivity index (χ0v) is 15.2. The summed E-state index contributed by atoms with van der Waals surface area (Å²) in [7, 11) is 1.60. The second-order valence-electron chi connectivity index (χ2n) is 6.22. The van der Waals surface area contributed by atoms with Crippen molar-refractivity contribution in [1.82, 2.24) is 15.0 Å². The molecule has 0 saturated carbocycles. The van der Waals surface area contributed by atoms with Crippen molar-refractivity contribution in [2.45, 2.75) is 32.2 Å². The first-order valence-corrected chi connectivity index (χ1v) is 8.94. The number of nitrogens with zero attached hydrogens (tertiary/aromatic N) is 3. The second-order valence-corrected chi connectivity index (χ2v) is 6.22. The van der Waals surface area contributed by atoms with E-state index in [0.29, 0.717) is 23.9 Å². The van der Waals surface area contributed by atoms with Crippen LogP contribution in [0.3, 0.4) is 0 Å². The number of carbonyl (C=O) groups excluding carboxylic acids is 1. The Hall–Kier alpha value is -3.22. The third-order valence-electron chi connectivity index (χ3n) is 4.28. The van der Waals surface area contributed by atoms with Crippen LogP contribution in [-0.4, -0.2) is 28.0 Å². The molecule has 0 unspecified atom stereocenters. The van der Waals surface area contributed by atoms with Crippen molar-refractivity contribution in [2.75, 3.05) is 12.4 Å². The fraction of sp³-hybridized carbons (Fsp3) is 0.300. The SMILES string of the molecule is COc1ccc(NC(=O)CCCCCn2nnc3ccccc3c2=O)cc1. The van der Waals surface area contributed by atoms with Gasteiger partial charge in [0.15, 0.2) is 0 Å². The Kier molecular flexibility index (Phi) is 6.14. The molecule has 3 rings (SSSR count). The van der Waals surface area contributed by atoms with Gasteiger partial charge in [-0.3, -0.25) is 9.59 Å². The lowest BCUT2D eigenvalue weighted by Gasteiger charge is -2.07. The molecule has 27 heavy (non-hydrogen) atoms. The summed E-state index contributed by atoms with van der Waals surface area (Å²) >= 11 is 0. The van der Waals surface area contributed by atoms with Crippen LogP contribution in [0.5, 0.6) is 5.75 Å². The largest absolute Gasteiger partial charge is 0.497 e. The van der Waals surface area contributed by atoms with Crippen LogP contribution in [0, 0.1) is 0 Å². The minimum atomic E-state index is -0.127. The van der Waals surface area contributed by atoms with E-state index < -0.39 is 0 Å². The smallest absolute Gasteiger partial charge is 0.277 e. The van der Waals surface area contributed by atoms with Gasteiger partial charge in [-0.1, -0.05) is 23.8 Å². The van der Waals surface area contributed by atoms with E-state index in [9.17, 15) is 9.59 Å². The molecule has 7 nitrogen and oxygen atoms in total. The number of methoxy groups -OCH3 is 1. The number of aromatic nitrogens is 3. The summed E-state index contributed by atoms with van der Waals surface area (Å²) in [5.74, 6) is 0.725. The van der Waals surface area contributed by atoms with Gasteiger partial charge in [0.05, 0.1) is 12.5 Å². The van der Waals surface area contributed by atoms with Gasteiger partial charge in [-0.15, -0.1) is 5.10 Å². The Balaban J connectivity index is 1.42. The van der Waals surface area contributed by atoms with Crippen LogP contribution in [0.15, 0.2) is 53.3 Å². The number of benzene rings is 2. The van der Waals surface area contributed by atoms with Crippen molar-refractivity contribution in [1.29, 1.82) is 0 Å². The molecule has 0 radical (unpaired) electrons. The van der Waals surface area contributed by atoms with Crippen LogP contribution >= 0.6 is 0 Å². The molecule has 0 spiro atoms. The molecule has 7 heteroatoms. The van der Waals surface area contributed by atoms with Gasteiger partial charge >= 0.3 is 0 Å². The number of fused-ring (bicyclic) bond motifs is 1. The molecule has 0 aliphatic heterocycles. The van der Waals surface area contributed by atoms with Crippen molar-refractivity contribution in [3.05, 3.63) is 58.9 Å². The summed E-state index contributed by atoms with van der Waals surface area (Å²) in [5, 5.41) is 11.5. The highest BCUT2D eigenvalue weighted by atomic mass is 16.5. The average molecular weight is 366 g/mol. The molecule has 1 aromatic heterocycles. The summed E-state index contributed by atoms with van der Waals surface area (Å²) in [4.78, 5) is 24.3. The molecule has 0 fully saturated rings. The number of hydrogen-bond donors (Lipinski definition) is 1. The second kappa shape index (κ2) is 8.93. The molecule has 140 valence electrons. The molecule has 1 amide bonds. The molecule has 1 heterocycles. The Labute approximate surface area is 157 Å². The van der Waals surface area contributed by atoms with Crippen molar-refractivity contribution in [3.8, 4) is 5.75 Å². The maximum Gasteiger partial charge on any atom is 0.277 e. The molecule has 0 saturated heterocycles. The number of aryl methyl sites for hydroxylation is 1.